The SMILES string of the molecule is COC(=O)C(NC(=O)c1cn[nH]n1)c1ccc(C)c(C(F)(F)F)c1. The molecule has 1 aromatic heterocycles. The van der Waals surface area contributed by atoms with E-state index >= 15 is 0 Å². The Bertz CT molecular complexity index is 744. The number of methoxy groups -OCH3 is 1. The van der Waals surface area contributed by atoms with E-state index in [1.807, 2.05) is 0 Å². The highest BCUT2D eigenvalue weighted by molar-refractivity contribution is 5.95. The molecule has 0 aliphatic heterocycles. The van der Waals surface area contributed by atoms with Crippen molar-refractivity contribution in [2.45, 2.75) is 19.1 Å². The second-order valence-electron chi connectivity index (χ2n) is 4.86. The van der Waals surface area contributed by atoms with Crippen molar-refractivity contribution in [3.63, 3.8) is 0 Å². The lowest BCUT2D eigenvalue weighted by Gasteiger charge is -2.18. The van der Waals surface area contributed by atoms with E-state index in [1.54, 1.807) is 0 Å². The third-order valence-corrected chi connectivity index (χ3v) is 3.26. The van der Waals surface area contributed by atoms with Crippen molar-refractivity contribution in [2.75, 3.05) is 7.11 Å². The van der Waals surface area contributed by atoms with Gasteiger partial charge in [-0.25, -0.2) is 4.79 Å². The minimum absolute atomic E-state index is 0.00214. The van der Waals surface area contributed by atoms with Crippen LogP contribution in [-0.4, -0.2) is 34.4 Å². The van der Waals surface area contributed by atoms with Gasteiger partial charge in [0, 0.05) is 0 Å². The van der Waals surface area contributed by atoms with Crippen LogP contribution in [0.4, 0.5) is 13.2 Å². The first-order valence-electron chi connectivity index (χ1n) is 6.66. The van der Waals surface area contributed by atoms with Crippen molar-refractivity contribution < 1.29 is 27.5 Å². The molecule has 10 heteroatoms. The predicted octanol–water partition coefficient (Wildman–Crippen LogP) is 1.78. The Morgan fingerprint density at radius 1 is 1.33 bits per heavy atom. The summed E-state index contributed by atoms with van der Waals surface area (Å²) in [7, 11) is 1.07. The van der Waals surface area contributed by atoms with Crippen LogP contribution < -0.4 is 5.32 Å². The van der Waals surface area contributed by atoms with E-state index in [1.165, 1.54) is 19.1 Å². The minimum Gasteiger partial charge on any atom is -0.467 e. The number of carbonyl (C=O) groups is 2. The topological polar surface area (TPSA) is 97.0 Å². The van der Waals surface area contributed by atoms with E-state index in [0.29, 0.717) is 0 Å². The van der Waals surface area contributed by atoms with Gasteiger partial charge in [0.05, 0.1) is 18.9 Å². The molecule has 128 valence electrons. The van der Waals surface area contributed by atoms with Crippen LogP contribution in [0.5, 0.6) is 0 Å². The maximum atomic E-state index is 13.0. The summed E-state index contributed by atoms with van der Waals surface area (Å²) >= 11 is 0. The monoisotopic (exact) mass is 342 g/mol. The second-order valence-corrected chi connectivity index (χ2v) is 4.86. The number of esters is 1. The van der Waals surface area contributed by atoms with E-state index in [9.17, 15) is 22.8 Å². The van der Waals surface area contributed by atoms with Gasteiger partial charge in [0.15, 0.2) is 11.7 Å². The van der Waals surface area contributed by atoms with Crippen LogP contribution in [0.3, 0.4) is 0 Å². The number of amides is 1. The molecule has 2 rings (SSSR count). The van der Waals surface area contributed by atoms with Gasteiger partial charge in [0.1, 0.15) is 0 Å². The number of benzene rings is 1. The molecule has 1 aromatic carbocycles. The standard InChI is InChI=1S/C14H13F3N4O3/c1-7-3-4-8(5-9(7)14(15,16)17)11(13(23)24-2)19-12(22)10-6-18-21-20-10/h3-6,11H,1-2H3,(H,19,22)(H,18,20,21). The van der Waals surface area contributed by atoms with Gasteiger partial charge >= 0.3 is 12.1 Å². The molecule has 0 spiro atoms. The van der Waals surface area contributed by atoms with Crippen molar-refractivity contribution in [3.05, 3.63) is 46.8 Å². The van der Waals surface area contributed by atoms with E-state index < -0.39 is 29.7 Å². The fourth-order valence-electron chi connectivity index (χ4n) is 2.04. The average molecular weight is 342 g/mol. The summed E-state index contributed by atoms with van der Waals surface area (Å²) < 4.78 is 43.7. The third-order valence-electron chi connectivity index (χ3n) is 3.26. The lowest BCUT2D eigenvalue weighted by molar-refractivity contribution is -0.143. The summed E-state index contributed by atoms with van der Waals surface area (Å²) in [5.41, 5.74) is -1.08. The van der Waals surface area contributed by atoms with Crippen LogP contribution in [0, 0.1) is 6.92 Å². The first-order valence-corrected chi connectivity index (χ1v) is 6.66. The van der Waals surface area contributed by atoms with Crippen LogP contribution in [0.1, 0.15) is 33.2 Å². The lowest BCUT2D eigenvalue weighted by Crippen LogP contribution is -2.35. The predicted molar refractivity (Wildman–Crippen MR) is 74.8 cm³/mol. The smallest absolute Gasteiger partial charge is 0.416 e. The fourth-order valence-corrected chi connectivity index (χ4v) is 2.04. The molecular formula is C14H13F3N4O3. The van der Waals surface area contributed by atoms with Crippen molar-refractivity contribution in [2.24, 2.45) is 0 Å². The van der Waals surface area contributed by atoms with E-state index in [0.717, 1.165) is 19.4 Å². The fraction of sp³-hybridized carbons (Fsp3) is 0.286. The number of alkyl halides is 3. The minimum atomic E-state index is -4.59. The quantitative estimate of drug-likeness (QED) is 0.826. The number of nitrogens with one attached hydrogen (secondary N) is 2. The molecule has 7 nitrogen and oxygen atoms in total. The number of nitrogens with zero attached hydrogens (tertiary/aromatic N) is 2. The van der Waals surface area contributed by atoms with Gasteiger partial charge in [0.25, 0.3) is 5.91 Å². The highest BCUT2D eigenvalue weighted by atomic mass is 19.4. The molecule has 0 saturated carbocycles. The number of H-pyrrole nitrogens is 1. The molecule has 1 atom stereocenters. The molecular weight excluding hydrogens is 329 g/mol. The Labute approximate surface area is 134 Å². The van der Waals surface area contributed by atoms with Crippen LogP contribution in [0.15, 0.2) is 24.4 Å². The number of aromatic nitrogens is 3. The second kappa shape index (κ2) is 6.69. The Kier molecular flexibility index (Phi) is 4.86. The van der Waals surface area contributed by atoms with Crippen molar-refractivity contribution >= 4 is 11.9 Å². The molecule has 1 amide bonds. The first-order chi connectivity index (χ1) is 11.2. The van der Waals surface area contributed by atoms with E-state index in [4.69, 9.17) is 0 Å². The Balaban J connectivity index is 2.38. The van der Waals surface area contributed by atoms with Gasteiger partial charge in [-0.05, 0) is 24.1 Å². The molecule has 2 aromatic rings. The number of aryl methyl sites for hydroxylation is 1. The van der Waals surface area contributed by atoms with Crippen LogP contribution in [0.25, 0.3) is 0 Å². The Morgan fingerprint density at radius 2 is 2.04 bits per heavy atom. The van der Waals surface area contributed by atoms with Crippen molar-refractivity contribution in [3.8, 4) is 0 Å². The van der Waals surface area contributed by atoms with E-state index in [-0.39, 0.29) is 16.8 Å². The largest absolute Gasteiger partial charge is 0.467 e. The van der Waals surface area contributed by atoms with Gasteiger partial charge < -0.3 is 10.1 Å². The van der Waals surface area contributed by atoms with Crippen molar-refractivity contribution in [1.82, 2.24) is 20.7 Å². The molecule has 0 saturated heterocycles. The maximum absolute atomic E-state index is 13.0. The number of hydrogen-bond donors (Lipinski definition) is 2. The summed E-state index contributed by atoms with van der Waals surface area (Å²) in [5.74, 6) is -1.70. The Hall–Kier alpha value is -2.91. The average Bonchev–Trinajstić information content (AvgIpc) is 3.05. The molecule has 0 bridgehead atoms. The van der Waals surface area contributed by atoms with Gasteiger partial charge in [0.2, 0.25) is 0 Å². The number of rotatable bonds is 4. The molecule has 1 unspecified atom stereocenters. The van der Waals surface area contributed by atoms with Gasteiger partial charge in [-0.3, -0.25) is 4.79 Å². The highest BCUT2D eigenvalue weighted by Gasteiger charge is 2.34. The summed E-state index contributed by atoms with van der Waals surface area (Å²) in [6.45, 7) is 1.30. The summed E-state index contributed by atoms with van der Waals surface area (Å²) in [4.78, 5) is 23.9. The molecule has 0 aliphatic rings. The zero-order valence-corrected chi connectivity index (χ0v) is 12.6. The molecule has 1 heterocycles. The van der Waals surface area contributed by atoms with Crippen LogP contribution in [0.2, 0.25) is 0 Å². The number of halogens is 3. The zero-order valence-electron chi connectivity index (χ0n) is 12.6. The molecule has 24 heavy (non-hydrogen) atoms. The number of carbonyl (C=O) groups excluding carboxylic acids is 2. The molecule has 0 aliphatic carbocycles. The number of aromatic amines is 1. The Morgan fingerprint density at radius 3 is 2.58 bits per heavy atom. The van der Waals surface area contributed by atoms with Crippen molar-refractivity contribution in [1.29, 1.82) is 0 Å². The number of hydrogen-bond acceptors (Lipinski definition) is 5. The molecule has 0 fully saturated rings. The molecule has 0 radical (unpaired) electrons. The summed E-state index contributed by atoms with van der Waals surface area (Å²) in [6, 6.07) is 1.92. The van der Waals surface area contributed by atoms with Crippen LogP contribution in [-0.2, 0) is 15.7 Å². The van der Waals surface area contributed by atoms with E-state index in [2.05, 4.69) is 25.5 Å². The molecule has 2 N–H and O–H groups in total. The number of ether oxygens (including phenoxy) is 1. The van der Waals surface area contributed by atoms with Gasteiger partial charge in [-0.2, -0.15) is 28.6 Å². The summed E-state index contributed by atoms with van der Waals surface area (Å²) in [5, 5.41) is 11.5. The maximum Gasteiger partial charge on any atom is 0.416 e. The normalized spacial score (nSPS) is 12.5. The summed E-state index contributed by atoms with van der Waals surface area (Å²) in [6.07, 6.45) is -3.48. The van der Waals surface area contributed by atoms with Gasteiger partial charge in [-0.1, -0.05) is 12.1 Å². The van der Waals surface area contributed by atoms with Gasteiger partial charge in [-0.15, -0.1) is 0 Å². The first kappa shape index (κ1) is 17.4. The highest BCUT2D eigenvalue weighted by Crippen LogP contribution is 2.33. The zero-order chi connectivity index (χ0) is 17.9. The lowest BCUT2D eigenvalue weighted by atomic mass is 9.99. The third kappa shape index (κ3) is 3.70. The van der Waals surface area contributed by atoms with Crippen LogP contribution >= 0.6 is 0 Å².